The summed E-state index contributed by atoms with van der Waals surface area (Å²) in [6, 6.07) is 29.1. The summed E-state index contributed by atoms with van der Waals surface area (Å²) >= 11 is 0. The molecule has 0 saturated heterocycles. The van der Waals surface area contributed by atoms with Crippen molar-refractivity contribution in [1.82, 2.24) is 8.97 Å². The number of furan rings is 1. The first kappa shape index (κ1) is 18.3. The predicted molar refractivity (Wildman–Crippen MR) is 150 cm³/mol. The van der Waals surface area contributed by atoms with Crippen molar-refractivity contribution in [3.8, 4) is 11.3 Å². The Morgan fingerprint density at radius 1 is 0.686 bits per heavy atom. The van der Waals surface area contributed by atoms with Crippen molar-refractivity contribution in [2.75, 3.05) is 0 Å². The van der Waals surface area contributed by atoms with Crippen molar-refractivity contribution < 1.29 is 4.42 Å². The quantitative estimate of drug-likeness (QED) is 0.223. The molecule has 0 bridgehead atoms. The number of hydrogen-bond acceptors (Lipinski definition) is 1. The molecular weight excluding hydrogens is 444 g/mol. The third kappa shape index (κ3) is 1.84. The first-order valence-electron chi connectivity index (χ1n) is 12.3. The van der Waals surface area contributed by atoms with Crippen molar-refractivity contribution in [2.45, 2.75) is 13.1 Å². The van der Waals surface area contributed by atoms with E-state index in [0.717, 1.165) is 11.2 Å². The van der Waals surface area contributed by atoms with Crippen LogP contribution in [0.4, 0.5) is 0 Å². The second-order valence-electron chi connectivity index (χ2n) is 10.6. The van der Waals surface area contributed by atoms with E-state index in [1.165, 1.54) is 70.6 Å². The fourth-order valence-electron chi connectivity index (χ4n) is 7.21. The minimum absolute atomic E-state index is 0.952. The van der Waals surface area contributed by atoms with Gasteiger partial charge in [0.05, 0.1) is 16.7 Å². The Kier molecular flexibility index (Phi) is 2.94. The topological polar surface area (TPSA) is 22.5 Å². The molecular formula is C31H22N2OSi. The van der Waals surface area contributed by atoms with Crippen LogP contribution in [0.25, 0.3) is 71.4 Å². The van der Waals surface area contributed by atoms with E-state index in [1.54, 1.807) is 0 Å². The second kappa shape index (κ2) is 5.61. The highest BCUT2D eigenvalue weighted by molar-refractivity contribution is 7.05. The third-order valence-electron chi connectivity index (χ3n) is 8.64. The van der Waals surface area contributed by atoms with Crippen LogP contribution >= 0.6 is 0 Å². The predicted octanol–water partition coefficient (Wildman–Crippen LogP) is 6.88. The van der Waals surface area contributed by atoms with Gasteiger partial charge in [-0.25, -0.2) is 0 Å². The van der Waals surface area contributed by atoms with Crippen molar-refractivity contribution in [3.05, 3.63) is 78.9 Å². The average Bonchev–Trinajstić information content (AvgIpc) is 3.52. The lowest BCUT2D eigenvalue weighted by atomic mass is 10.1. The van der Waals surface area contributed by atoms with Crippen molar-refractivity contribution in [2.24, 2.45) is 7.05 Å². The van der Waals surface area contributed by atoms with Gasteiger partial charge in [-0.2, -0.15) is 0 Å². The van der Waals surface area contributed by atoms with Crippen LogP contribution in [0.15, 0.2) is 83.3 Å². The second-order valence-corrected chi connectivity index (χ2v) is 14.9. The lowest BCUT2D eigenvalue weighted by Crippen LogP contribution is -2.49. The summed E-state index contributed by atoms with van der Waals surface area (Å²) in [5, 5.41) is 9.59. The van der Waals surface area contributed by atoms with Gasteiger partial charge in [0, 0.05) is 34.1 Å². The Hall–Kier alpha value is -4.02. The van der Waals surface area contributed by atoms with Crippen molar-refractivity contribution in [3.63, 3.8) is 0 Å². The number of para-hydroxylation sites is 1. The standard InChI is InChI=1S/C31H22N2OSi/c1-32-21-12-8-11-19-25(21)26-22(32)16-15-20-27(26)33(28-17-9-4-6-13-23(17)34-30(20)28)29-18-10-5-7-14-24(18)35(2,3)31(19)29/h4-16H,1-3H3. The highest BCUT2D eigenvalue weighted by atomic mass is 28.3. The summed E-state index contributed by atoms with van der Waals surface area (Å²) in [4.78, 5) is 0. The van der Waals surface area contributed by atoms with Gasteiger partial charge in [-0.3, -0.25) is 0 Å². The van der Waals surface area contributed by atoms with E-state index < -0.39 is 8.07 Å². The lowest BCUT2D eigenvalue weighted by Gasteiger charge is -2.19. The smallest absolute Gasteiger partial charge is 0.161 e. The van der Waals surface area contributed by atoms with E-state index in [9.17, 15) is 0 Å². The molecule has 0 aliphatic carbocycles. The molecule has 0 spiro atoms. The molecule has 1 aliphatic rings. The summed E-state index contributed by atoms with van der Waals surface area (Å²) in [5.41, 5.74) is 9.75. The van der Waals surface area contributed by atoms with Crippen LogP contribution in [0.5, 0.6) is 0 Å². The van der Waals surface area contributed by atoms with Gasteiger partial charge in [-0.1, -0.05) is 61.6 Å². The minimum Gasteiger partial charge on any atom is -0.454 e. The summed E-state index contributed by atoms with van der Waals surface area (Å²) in [6.07, 6.45) is 0. The molecule has 35 heavy (non-hydrogen) atoms. The molecule has 0 unspecified atom stereocenters. The van der Waals surface area contributed by atoms with E-state index in [1.807, 2.05) is 0 Å². The maximum atomic E-state index is 6.59. The number of aromatic nitrogens is 2. The van der Waals surface area contributed by atoms with Crippen LogP contribution in [0.3, 0.4) is 0 Å². The van der Waals surface area contributed by atoms with Crippen LogP contribution in [-0.4, -0.2) is 17.0 Å². The van der Waals surface area contributed by atoms with Gasteiger partial charge < -0.3 is 13.4 Å². The largest absolute Gasteiger partial charge is 0.454 e. The molecule has 0 saturated carbocycles. The molecule has 3 nitrogen and oxygen atoms in total. The van der Waals surface area contributed by atoms with Crippen molar-refractivity contribution >= 4 is 78.6 Å². The van der Waals surface area contributed by atoms with E-state index in [2.05, 4.69) is 108 Å². The SMILES string of the molecule is Cn1c2cccc3c4c(n5c6c7ccccc7oc6c6ccc1c(c32)c65)-c1ccccc1[Si]4(C)C. The first-order valence-corrected chi connectivity index (χ1v) is 15.3. The molecule has 4 heteroatoms. The van der Waals surface area contributed by atoms with Crippen LogP contribution < -0.4 is 10.4 Å². The summed E-state index contributed by atoms with van der Waals surface area (Å²) in [7, 11) is 0.222. The van der Waals surface area contributed by atoms with Gasteiger partial charge in [-0.15, -0.1) is 0 Å². The molecule has 0 N–H and O–H groups in total. The van der Waals surface area contributed by atoms with E-state index in [-0.39, 0.29) is 0 Å². The molecule has 5 heterocycles. The summed E-state index contributed by atoms with van der Waals surface area (Å²) in [5.74, 6) is 0. The molecule has 166 valence electrons. The highest BCUT2D eigenvalue weighted by Gasteiger charge is 2.41. The highest BCUT2D eigenvalue weighted by Crippen LogP contribution is 2.46. The average molecular weight is 467 g/mol. The van der Waals surface area contributed by atoms with Crippen LogP contribution in [-0.2, 0) is 7.05 Å². The van der Waals surface area contributed by atoms with Gasteiger partial charge in [0.2, 0.25) is 0 Å². The number of fused-ring (bicyclic) bond motifs is 10. The molecule has 4 aromatic heterocycles. The Labute approximate surface area is 202 Å². The van der Waals surface area contributed by atoms with E-state index in [4.69, 9.17) is 4.42 Å². The Morgan fingerprint density at radius 3 is 2.37 bits per heavy atom. The maximum Gasteiger partial charge on any atom is 0.161 e. The molecule has 0 radical (unpaired) electrons. The zero-order valence-electron chi connectivity index (χ0n) is 19.8. The van der Waals surface area contributed by atoms with E-state index >= 15 is 0 Å². The summed E-state index contributed by atoms with van der Waals surface area (Å²) < 4.78 is 11.5. The Balaban J connectivity index is 1.77. The van der Waals surface area contributed by atoms with Crippen LogP contribution in [0.1, 0.15) is 0 Å². The lowest BCUT2D eigenvalue weighted by molar-refractivity contribution is 0.673. The van der Waals surface area contributed by atoms with Crippen molar-refractivity contribution in [1.29, 1.82) is 0 Å². The molecule has 0 amide bonds. The summed E-state index contributed by atoms with van der Waals surface area (Å²) in [6.45, 7) is 5.04. The van der Waals surface area contributed by atoms with Gasteiger partial charge in [-0.05, 0) is 51.7 Å². The normalized spacial score (nSPS) is 14.9. The number of hydrogen-bond donors (Lipinski definition) is 0. The molecule has 9 rings (SSSR count). The number of rotatable bonds is 0. The molecule has 1 aliphatic heterocycles. The van der Waals surface area contributed by atoms with Crippen LogP contribution in [0, 0.1) is 0 Å². The van der Waals surface area contributed by atoms with Crippen LogP contribution in [0.2, 0.25) is 13.1 Å². The molecule has 0 atom stereocenters. The Morgan fingerprint density at radius 2 is 1.46 bits per heavy atom. The molecule has 0 fully saturated rings. The fourth-order valence-corrected chi connectivity index (χ4v) is 10.6. The zero-order chi connectivity index (χ0) is 23.2. The van der Waals surface area contributed by atoms with Gasteiger partial charge in [0.25, 0.3) is 0 Å². The molecule has 4 aromatic carbocycles. The van der Waals surface area contributed by atoms with Gasteiger partial charge in [0.15, 0.2) is 5.58 Å². The Bertz CT molecular complexity index is 2200. The number of aryl methyl sites for hydroxylation is 1. The third-order valence-corrected chi connectivity index (χ3v) is 12.2. The fraction of sp³-hybridized carbons (Fsp3) is 0.0968. The minimum atomic E-state index is -1.98. The zero-order valence-corrected chi connectivity index (χ0v) is 20.8. The van der Waals surface area contributed by atoms with Gasteiger partial charge >= 0.3 is 0 Å². The number of nitrogens with zero attached hydrogens (tertiary/aromatic N) is 2. The van der Waals surface area contributed by atoms with Gasteiger partial charge in [0.1, 0.15) is 19.2 Å². The maximum absolute atomic E-state index is 6.59. The first-order chi connectivity index (χ1) is 17.1. The monoisotopic (exact) mass is 466 g/mol. The number of benzene rings is 4. The molecule has 8 aromatic rings. The van der Waals surface area contributed by atoms with E-state index in [0.29, 0.717) is 0 Å².